The zero-order valence-electron chi connectivity index (χ0n) is 10.8. The van der Waals surface area contributed by atoms with Gasteiger partial charge < -0.3 is 10.2 Å². The summed E-state index contributed by atoms with van der Waals surface area (Å²) in [7, 11) is 0. The van der Waals surface area contributed by atoms with Crippen LogP contribution in [0, 0.1) is 21.8 Å². The SMILES string of the molecule is O=[N+]([O-])c1cc(Br)c(F)cc1NC1CN2CCC1CC2. The number of piperidine rings is 3. The smallest absolute Gasteiger partial charge is 0.293 e. The highest BCUT2D eigenvalue weighted by atomic mass is 79.9. The van der Waals surface area contributed by atoms with Gasteiger partial charge >= 0.3 is 0 Å². The fourth-order valence-corrected chi connectivity index (χ4v) is 3.46. The molecule has 0 saturated carbocycles. The Kier molecular flexibility index (Phi) is 3.64. The molecule has 0 spiro atoms. The van der Waals surface area contributed by atoms with Crippen molar-refractivity contribution in [1.82, 2.24) is 4.90 Å². The first-order chi connectivity index (χ1) is 9.54. The first-order valence-electron chi connectivity index (χ1n) is 6.67. The van der Waals surface area contributed by atoms with Gasteiger partial charge in [0.05, 0.1) is 9.40 Å². The van der Waals surface area contributed by atoms with Gasteiger partial charge in [0.2, 0.25) is 0 Å². The summed E-state index contributed by atoms with van der Waals surface area (Å²) in [5, 5.41) is 14.3. The van der Waals surface area contributed by atoms with E-state index in [1.165, 1.54) is 12.1 Å². The van der Waals surface area contributed by atoms with E-state index in [9.17, 15) is 14.5 Å². The van der Waals surface area contributed by atoms with Crippen LogP contribution in [-0.4, -0.2) is 35.5 Å². The van der Waals surface area contributed by atoms with Crippen LogP contribution in [-0.2, 0) is 0 Å². The molecule has 3 aliphatic heterocycles. The van der Waals surface area contributed by atoms with Crippen molar-refractivity contribution >= 4 is 27.3 Å². The van der Waals surface area contributed by atoms with Gasteiger partial charge in [0, 0.05) is 24.7 Å². The minimum Gasteiger partial charge on any atom is -0.375 e. The van der Waals surface area contributed by atoms with E-state index in [2.05, 4.69) is 26.1 Å². The lowest BCUT2D eigenvalue weighted by atomic mass is 9.84. The molecule has 0 aliphatic carbocycles. The number of nitro groups is 1. The molecule has 0 radical (unpaired) electrons. The van der Waals surface area contributed by atoms with Gasteiger partial charge in [-0.3, -0.25) is 10.1 Å². The molecule has 0 amide bonds. The number of nitro benzene ring substituents is 1. The Bertz CT molecular complexity index is 547. The van der Waals surface area contributed by atoms with Gasteiger partial charge in [0.25, 0.3) is 5.69 Å². The predicted molar refractivity (Wildman–Crippen MR) is 77.3 cm³/mol. The number of anilines is 1. The van der Waals surface area contributed by atoms with Crippen LogP contribution < -0.4 is 5.32 Å². The maximum atomic E-state index is 13.6. The lowest BCUT2D eigenvalue weighted by Gasteiger charge is -2.45. The van der Waals surface area contributed by atoms with Crippen molar-refractivity contribution in [3.8, 4) is 0 Å². The number of rotatable bonds is 3. The Morgan fingerprint density at radius 2 is 2.10 bits per heavy atom. The molecule has 3 saturated heterocycles. The molecular formula is C13H15BrFN3O2. The molecule has 1 aromatic rings. The van der Waals surface area contributed by atoms with Crippen LogP contribution in [0.5, 0.6) is 0 Å². The number of nitrogens with zero attached hydrogens (tertiary/aromatic N) is 2. The van der Waals surface area contributed by atoms with E-state index in [0.29, 0.717) is 5.92 Å². The summed E-state index contributed by atoms with van der Waals surface area (Å²) in [5.74, 6) is 0.0330. The highest BCUT2D eigenvalue weighted by molar-refractivity contribution is 9.10. The fraction of sp³-hybridized carbons (Fsp3) is 0.538. The molecule has 1 unspecified atom stereocenters. The van der Waals surface area contributed by atoms with Crippen LogP contribution in [0.2, 0.25) is 0 Å². The first kappa shape index (κ1) is 13.8. The lowest BCUT2D eigenvalue weighted by Crippen LogP contribution is -2.53. The minimum atomic E-state index is -0.487. The number of hydrogen-bond acceptors (Lipinski definition) is 4. The standard InChI is InChI=1S/C13H15BrFN3O2/c14-9-5-13(18(19)20)11(6-10(9)15)16-12-7-17-3-1-8(12)2-4-17/h5-6,8,12,16H,1-4,7H2. The molecule has 5 nitrogen and oxygen atoms in total. The normalized spacial score (nSPS) is 28.4. The van der Waals surface area contributed by atoms with Gasteiger partial charge in [-0.15, -0.1) is 0 Å². The zero-order valence-corrected chi connectivity index (χ0v) is 12.4. The van der Waals surface area contributed by atoms with E-state index in [0.717, 1.165) is 32.5 Å². The van der Waals surface area contributed by atoms with Crippen LogP contribution >= 0.6 is 15.9 Å². The van der Waals surface area contributed by atoms with Gasteiger partial charge in [-0.25, -0.2) is 4.39 Å². The van der Waals surface area contributed by atoms with Crippen molar-refractivity contribution < 1.29 is 9.31 Å². The summed E-state index contributed by atoms with van der Waals surface area (Å²) in [6, 6.07) is 2.59. The number of nitrogens with one attached hydrogen (secondary N) is 1. The van der Waals surface area contributed by atoms with Crippen molar-refractivity contribution in [3.05, 3.63) is 32.5 Å². The quantitative estimate of drug-likeness (QED) is 0.677. The van der Waals surface area contributed by atoms with E-state index in [-0.39, 0.29) is 21.9 Å². The fourth-order valence-electron chi connectivity index (χ4n) is 3.13. The molecule has 0 aromatic heterocycles. The van der Waals surface area contributed by atoms with Crippen LogP contribution in [0.15, 0.2) is 16.6 Å². The summed E-state index contributed by atoms with van der Waals surface area (Å²) < 4.78 is 13.8. The highest BCUT2D eigenvalue weighted by Crippen LogP contribution is 2.35. The molecule has 20 heavy (non-hydrogen) atoms. The Morgan fingerprint density at radius 1 is 1.40 bits per heavy atom. The molecule has 1 aromatic carbocycles. The Hall–Kier alpha value is -1.21. The van der Waals surface area contributed by atoms with Crippen molar-refractivity contribution in [2.75, 3.05) is 25.0 Å². The van der Waals surface area contributed by atoms with Gasteiger partial charge in [0.15, 0.2) is 0 Å². The largest absolute Gasteiger partial charge is 0.375 e. The molecule has 7 heteroatoms. The van der Waals surface area contributed by atoms with Crippen molar-refractivity contribution in [2.45, 2.75) is 18.9 Å². The summed E-state index contributed by atoms with van der Waals surface area (Å²) >= 11 is 2.99. The predicted octanol–water partition coefficient (Wildman–Crippen LogP) is 3.00. The summed E-state index contributed by atoms with van der Waals surface area (Å²) in [4.78, 5) is 13.0. The van der Waals surface area contributed by atoms with Crippen LogP contribution in [0.4, 0.5) is 15.8 Å². The van der Waals surface area contributed by atoms with Crippen LogP contribution in [0.1, 0.15) is 12.8 Å². The molecule has 4 rings (SSSR count). The van der Waals surface area contributed by atoms with Crippen LogP contribution in [0.25, 0.3) is 0 Å². The molecule has 108 valence electrons. The second-order valence-electron chi connectivity index (χ2n) is 5.43. The second kappa shape index (κ2) is 5.29. The monoisotopic (exact) mass is 343 g/mol. The average Bonchev–Trinajstić information content (AvgIpc) is 2.43. The molecule has 3 aliphatic rings. The topological polar surface area (TPSA) is 58.4 Å². The highest BCUT2D eigenvalue weighted by Gasteiger charge is 2.35. The summed E-state index contributed by atoms with van der Waals surface area (Å²) in [6.07, 6.45) is 2.20. The number of hydrogen-bond donors (Lipinski definition) is 1. The zero-order chi connectivity index (χ0) is 14.3. The summed E-state index contributed by atoms with van der Waals surface area (Å²) in [5.41, 5.74) is 0.184. The van der Waals surface area contributed by atoms with Crippen molar-refractivity contribution in [2.24, 2.45) is 5.92 Å². The molecule has 3 fully saturated rings. The van der Waals surface area contributed by atoms with Gasteiger partial charge in [-0.05, 0) is 47.8 Å². The summed E-state index contributed by atoms with van der Waals surface area (Å²) in [6.45, 7) is 3.07. The van der Waals surface area contributed by atoms with E-state index in [1.54, 1.807) is 0 Å². The maximum Gasteiger partial charge on any atom is 0.293 e. The molecule has 1 N–H and O–H groups in total. The third-order valence-electron chi connectivity index (χ3n) is 4.23. The third-order valence-corrected chi connectivity index (χ3v) is 4.84. The lowest BCUT2D eigenvalue weighted by molar-refractivity contribution is -0.384. The van der Waals surface area contributed by atoms with Crippen LogP contribution in [0.3, 0.4) is 0 Å². The Balaban J connectivity index is 1.86. The third kappa shape index (κ3) is 2.52. The van der Waals surface area contributed by atoms with E-state index >= 15 is 0 Å². The van der Waals surface area contributed by atoms with Gasteiger partial charge in [0.1, 0.15) is 11.5 Å². The number of fused-ring (bicyclic) bond motifs is 3. The van der Waals surface area contributed by atoms with Crippen molar-refractivity contribution in [3.63, 3.8) is 0 Å². The Morgan fingerprint density at radius 3 is 2.65 bits per heavy atom. The Labute approximate surface area is 124 Å². The molecule has 1 atom stereocenters. The van der Waals surface area contributed by atoms with Gasteiger partial charge in [-0.2, -0.15) is 0 Å². The first-order valence-corrected chi connectivity index (χ1v) is 7.46. The maximum absolute atomic E-state index is 13.6. The average molecular weight is 344 g/mol. The van der Waals surface area contributed by atoms with Crippen molar-refractivity contribution in [1.29, 1.82) is 0 Å². The van der Waals surface area contributed by atoms with E-state index in [1.807, 2.05) is 0 Å². The molecular weight excluding hydrogens is 329 g/mol. The minimum absolute atomic E-state index is 0.0882. The van der Waals surface area contributed by atoms with Gasteiger partial charge in [-0.1, -0.05) is 0 Å². The van der Waals surface area contributed by atoms with E-state index in [4.69, 9.17) is 0 Å². The number of benzene rings is 1. The van der Waals surface area contributed by atoms with E-state index < -0.39 is 10.7 Å². The second-order valence-corrected chi connectivity index (χ2v) is 6.28. The molecule has 3 heterocycles. The number of halogens is 2. The molecule has 2 bridgehead atoms.